The smallest absolute Gasteiger partial charge is 0.161 e. The predicted octanol–water partition coefficient (Wildman–Crippen LogP) is 3.14. The van der Waals surface area contributed by atoms with Gasteiger partial charge in [-0.25, -0.2) is 0 Å². The van der Waals surface area contributed by atoms with Crippen molar-refractivity contribution in [2.75, 3.05) is 19.8 Å². The Bertz CT molecular complexity index is 351. The van der Waals surface area contributed by atoms with Crippen molar-refractivity contribution >= 4 is 23.2 Å². The molecule has 0 aliphatic carbocycles. The third-order valence-electron chi connectivity index (χ3n) is 2.20. The molecular formula is C11H12Cl2O3. The lowest BCUT2D eigenvalue weighted by Gasteiger charge is -2.11. The number of hydrogen-bond acceptors (Lipinski definition) is 3. The second kappa shape index (κ2) is 5.73. The molecule has 0 aromatic heterocycles. The Hall–Kier alpha value is -0.480. The van der Waals surface area contributed by atoms with Crippen LogP contribution in [0.15, 0.2) is 18.2 Å². The molecule has 0 unspecified atom stereocenters. The van der Waals surface area contributed by atoms with Crippen LogP contribution in [0.2, 0.25) is 10.0 Å². The van der Waals surface area contributed by atoms with E-state index in [0.717, 1.165) is 0 Å². The SMILES string of the molecule is Clc1ccc(OCCC2OCCO2)c(Cl)c1. The fourth-order valence-electron chi connectivity index (χ4n) is 1.43. The number of benzene rings is 1. The molecule has 0 spiro atoms. The van der Waals surface area contributed by atoms with E-state index in [9.17, 15) is 0 Å². The summed E-state index contributed by atoms with van der Waals surface area (Å²) in [4.78, 5) is 0. The fraction of sp³-hybridized carbons (Fsp3) is 0.455. The van der Waals surface area contributed by atoms with Gasteiger partial charge in [0.05, 0.1) is 24.8 Å². The Morgan fingerprint density at radius 3 is 2.69 bits per heavy atom. The Morgan fingerprint density at radius 1 is 1.25 bits per heavy atom. The largest absolute Gasteiger partial charge is 0.492 e. The summed E-state index contributed by atoms with van der Waals surface area (Å²) in [7, 11) is 0. The van der Waals surface area contributed by atoms with E-state index in [0.29, 0.717) is 42.0 Å². The summed E-state index contributed by atoms with van der Waals surface area (Å²) in [5, 5.41) is 1.11. The van der Waals surface area contributed by atoms with E-state index in [1.54, 1.807) is 18.2 Å². The normalized spacial score (nSPS) is 16.6. The molecule has 0 N–H and O–H groups in total. The van der Waals surface area contributed by atoms with Gasteiger partial charge in [-0.2, -0.15) is 0 Å². The molecular weight excluding hydrogens is 251 g/mol. The zero-order valence-electron chi connectivity index (χ0n) is 8.62. The lowest BCUT2D eigenvalue weighted by molar-refractivity contribution is -0.0531. The summed E-state index contributed by atoms with van der Waals surface area (Å²) in [5.74, 6) is 0.629. The average molecular weight is 263 g/mol. The third-order valence-corrected chi connectivity index (χ3v) is 2.73. The molecule has 0 bridgehead atoms. The molecule has 1 heterocycles. The predicted molar refractivity (Wildman–Crippen MR) is 62.3 cm³/mol. The first-order valence-corrected chi connectivity index (χ1v) is 5.82. The first-order valence-electron chi connectivity index (χ1n) is 5.07. The second-order valence-electron chi connectivity index (χ2n) is 3.38. The van der Waals surface area contributed by atoms with Crippen molar-refractivity contribution < 1.29 is 14.2 Å². The van der Waals surface area contributed by atoms with Gasteiger partial charge >= 0.3 is 0 Å². The highest BCUT2D eigenvalue weighted by Crippen LogP contribution is 2.27. The van der Waals surface area contributed by atoms with Crippen LogP contribution in [-0.4, -0.2) is 26.1 Å². The van der Waals surface area contributed by atoms with Gasteiger partial charge in [0, 0.05) is 11.4 Å². The molecule has 2 rings (SSSR count). The maximum absolute atomic E-state index is 5.95. The molecule has 5 heteroatoms. The third kappa shape index (κ3) is 3.25. The molecule has 0 atom stereocenters. The molecule has 1 aliphatic rings. The van der Waals surface area contributed by atoms with Gasteiger partial charge in [0.1, 0.15) is 5.75 Å². The second-order valence-corrected chi connectivity index (χ2v) is 4.23. The Morgan fingerprint density at radius 2 is 2.00 bits per heavy atom. The minimum atomic E-state index is -0.147. The first-order chi connectivity index (χ1) is 7.75. The van der Waals surface area contributed by atoms with E-state index in [4.69, 9.17) is 37.4 Å². The summed E-state index contributed by atoms with van der Waals surface area (Å²) in [6.07, 6.45) is 0.546. The van der Waals surface area contributed by atoms with Gasteiger partial charge in [0.15, 0.2) is 6.29 Å². The van der Waals surface area contributed by atoms with Crippen LogP contribution in [0.4, 0.5) is 0 Å². The summed E-state index contributed by atoms with van der Waals surface area (Å²) in [6, 6.07) is 5.15. The minimum absolute atomic E-state index is 0.147. The number of hydrogen-bond donors (Lipinski definition) is 0. The van der Waals surface area contributed by atoms with E-state index in [1.807, 2.05) is 0 Å². The number of rotatable bonds is 4. The van der Waals surface area contributed by atoms with Crippen LogP contribution in [0.3, 0.4) is 0 Å². The summed E-state index contributed by atoms with van der Waals surface area (Å²) < 4.78 is 16.1. The highest BCUT2D eigenvalue weighted by Gasteiger charge is 2.15. The van der Waals surface area contributed by atoms with Crippen LogP contribution in [0.1, 0.15) is 6.42 Å². The molecule has 0 radical (unpaired) electrons. The first kappa shape index (κ1) is 12.0. The van der Waals surface area contributed by atoms with Crippen molar-refractivity contribution in [3.05, 3.63) is 28.2 Å². The van der Waals surface area contributed by atoms with Crippen LogP contribution in [0, 0.1) is 0 Å². The van der Waals surface area contributed by atoms with Crippen molar-refractivity contribution in [3.63, 3.8) is 0 Å². The van der Waals surface area contributed by atoms with Crippen LogP contribution in [-0.2, 0) is 9.47 Å². The van der Waals surface area contributed by atoms with Crippen LogP contribution < -0.4 is 4.74 Å². The van der Waals surface area contributed by atoms with Crippen molar-refractivity contribution in [2.24, 2.45) is 0 Å². The number of halogens is 2. The summed E-state index contributed by atoms with van der Waals surface area (Å²) in [5.41, 5.74) is 0. The molecule has 0 amide bonds. The monoisotopic (exact) mass is 262 g/mol. The maximum Gasteiger partial charge on any atom is 0.161 e. The van der Waals surface area contributed by atoms with E-state index in [-0.39, 0.29) is 6.29 Å². The molecule has 1 saturated heterocycles. The lowest BCUT2D eigenvalue weighted by Crippen LogP contribution is -2.12. The van der Waals surface area contributed by atoms with Crippen molar-refractivity contribution in [3.8, 4) is 5.75 Å². The van der Waals surface area contributed by atoms with E-state index in [2.05, 4.69) is 0 Å². The Balaban J connectivity index is 1.80. The van der Waals surface area contributed by atoms with Crippen LogP contribution in [0.5, 0.6) is 5.75 Å². The van der Waals surface area contributed by atoms with Crippen molar-refractivity contribution in [2.45, 2.75) is 12.7 Å². The standard InChI is InChI=1S/C11H12Cl2O3/c12-8-1-2-10(9(13)7-8)14-4-3-11-15-5-6-16-11/h1-2,7,11H,3-6H2. The van der Waals surface area contributed by atoms with Crippen LogP contribution in [0.25, 0.3) is 0 Å². The quantitative estimate of drug-likeness (QED) is 0.835. The van der Waals surface area contributed by atoms with Gasteiger partial charge in [0.2, 0.25) is 0 Å². The molecule has 1 fully saturated rings. The van der Waals surface area contributed by atoms with E-state index < -0.39 is 0 Å². The molecule has 3 nitrogen and oxygen atoms in total. The highest BCUT2D eigenvalue weighted by atomic mass is 35.5. The van der Waals surface area contributed by atoms with Gasteiger partial charge in [-0.15, -0.1) is 0 Å². The van der Waals surface area contributed by atoms with Gasteiger partial charge in [0.25, 0.3) is 0 Å². The van der Waals surface area contributed by atoms with Crippen molar-refractivity contribution in [1.29, 1.82) is 0 Å². The zero-order valence-corrected chi connectivity index (χ0v) is 10.1. The van der Waals surface area contributed by atoms with Gasteiger partial charge in [-0.05, 0) is 18.2 Å². The molecule has 88 valence electrons. The zero-order chi connectivity index (χ0) is 11.4. The Kier molecular flexibility index (Phi) is 4.29. The molecule has 0 saturated carbocycles. The highest BCUT2D eigenvalue weighted by molar-refractivity contribution is 6.35. The van der Waals surface area contributed by atoms with E-state index >= 15 is 0 Å². The Labute approximate surface area is 104 Å². The van der Waals surface area contributed by atoms with Crippen LogP contribution >= 0.6 is 23.2 Å². The van der Waals surface area contributed by atoms with Gasteiger partial charge in [-0.3, -0.25) is 0 Å². The molecule has 1 aromatic rings. The fourth-order valence-corrected chi connectivity index (χ4v) is 1.89. The average Bonchev–Trinajstić information content (AvgIpc) is 2.74. The minimum Gasteiger partial charge on any atom is -0.492 e. The lowest BCUT2D eigenvalue weighted by atomic mass is 10.3. The summed E-state index contributed by atoms with van der Waals surface area (Å²) in [6.45, 7) is 1.82. The molecule has 1 aliphatic heterocycles. The number of ether oxygens (including phenoxy) is 3. The summed E-state index contributed by atoms with van der Waals surface area (Å²) >= 11 is 11.7. The molecule has 16 heavy (non-hydrogen) atoms. The molecule has 1 aromatic carbocycles. The van der Waals surface area contributed by atoms with Gasteiger partial charge < -0.3 is 14.2 Å². The van der Waals surface area contributed by atoms with Crippen molar-refractivity contribution in [1.82, 2.24) is 0 Å². The van der Waals surface area contributed by atoms with Gasteiger partial charge in [-0.1, -0.05) is 23.2 Å². The van der Waals surface area contributed by atoms with E-state index in [1.165, 1.54) is 0 Å². The maximum atomic E-state index is 5.95. The topological polar surface area (TPSA) is 27.7 Å².